The van der Waals surface area contributed by atoms with Crippen molar-refractivity contribution in [2.24, 2.45) is 0 Å². The molecule has 0 unspecified atom stereocenters. The van der Waals surface area contributed by atoms with E-state index in [0.717, 1.165) is 0 Å². The van der Waals surface area contributed by atoms with Crippen LogP contribution in [0.2, 0.25) is 0 Å². The summed E-state index contributed by atoms with van der Waals surface area (Å²) in [4.78, 5) is 15.1. The number of halogens is 1. The summed E-state index contributed by atoms with van der Waals surface area (Å²) >= 11 is 0. The van der Waals surface area contributed by atoms with Crippen molar-refractivity contribution in [2.45, 2.75) is 6.92 Å². The van der Waals surface area contributed by atoms with Gasteiger partial charge in [-0.1, -0.05) is 0 Å². The molecule has 0 fully saturated rings. The van der Waals surface area contributed by atoms with Crippen LogP contribution in [0.25, 0.3) is 11.3 Å². The van der Waals surface area contributed by atoms with E-state index in [1.54, 1.807) is 12.1 Å². The fraction of sp³-hybridized carbons (Fsp3) is 0.0909. The largest absolute Gasteiger partial charge is 0.440 e. The molecule has 0 bridgehead atoms. The van der Waals surface area contributed by atoms with Gasteiger partial charge in [-0.05, 0) is 24.3 Å². The molecule has 2 rings (SSSR count). The number of hydrogen-bond acceptors (Lipinski definition) is 3. The molecule has 0 radical (unpaired) electrons. The molecule has 0 spiro atoms. The zero-order valence-corrected chi connectivity index (χ0v) is 8.03. The Morgan fingerprint density at radius 2 is 2.00 bits per heavy atom. The molecule has 0 aliphatic rings. The fourth-order valence-corrected chi connectivity index (χ4v) is 1.31. The molecule has 0 saturated carbocycles. The summed E-state index contributed by atoms with van der Waals surface area (Å²) in [5, 5.41) is 0. The minimum atomic E-state index is -0.327. The van der Waals surface area contributed by atoms with Gasteiger partial charge in [0.2, 0.25) is 0 Å². The highest BCUT2D eigenvalue weighted by Crippen LogP contribution is 2.22. The smallest absolute Gasteiger partial charge is 0.197 e. The van der Waals surface area contributed by atoms with Crippen LogP contribution >= 0.6 is 0 Å². The van der Waals surface area contributed by atoms with Crippen LogP contribution in [-0.4, -0.2) is 10.8 Å². The lowest BCUT2D eigenvalue weighted by molar-refractivity contribution is 0.0988. The Balaban J connectivity index is 2.49. The summed E-state index contributed by atoms with van der Waals surface area (Å²) in [5.41, 5.74) is 1.11. The number of ketones is 1. The number of rotatable bonds is 2. The Hall–Kier alpha value is -1.97. The van der Waals surface area contributed by atoms with Crippen molar-refractivity contribution in [1.29, 1.82) is 0 Å². The summed E-state index contributed by atoms with van der Waals surface area (Å²) in [6.07, 6.45) is 1.20. The van der Waals surface area contributed by atoms with Gasteiger partial charge in [0.05, 0.1) is 0 Å². The molecule has 0 amide bonds. The van der Waals surface area contributed by atoms with Crippen molar-refractivity contribution >= 4 is 5.78 Å². The zero-order chi connectivity index (χ0) is 10.8. The van der Waals surface area contributed by atoms with Crippen molar-refractivity contribution in [3.63, 3.8) is 0 Å². The van der Waals surface area contributed by atoms with Crippen LogP contribution in [0.3, 0.4) is 0 Å². The van der Waals surface area contributed by atoms with E-state index in [2.05, 4.69) is 4.98 Å². The molecule has 1 aromatic heterocycles. The molecule has 2 aromatic rings. The maximum Gasteiger partial charge on any atom is 0.197 e. The topological polar surface area (TPSA) is 43.1 Å². The summed E-state index contributed by atoms with van der Waals surface area (Å²) in [5.74, 6) is -0.333. The van der Waals surface area contributed by atoms with Gasteiger partial charge in [-0.3, -0.25) is 4.79 Å². The second-order valence-electron chi connectivity index (χ2n) is 3.09. The van der Waals surface area contributed by atoms with Crippen molar-refractivity contribution < 1.29 is 13.6 Å². The number of carbonyl (C=O) groups is 1. The monoisotopic (exact) mass is 205 g/mol. The number of carbonyl (C=O) groups excluding carboxylic acids is 1. The average molecular weight is 205 g/mol. The normalized spacial score (nSPS) is 10.3. The second kappa shape index (κ2) is 3.65. The van der Waals surface area contributed by atoms with E-state index in [1.165, 1.54) is 25.5 Å². The van der Waals surface area contributed by atoms with Crippen molar-refractivity contribution in [1.82, 2.24) is 4.98 Å². The van der Waals surface area contributed by atoms with E-state index >= 15 is 0 Å². The van der Waals surface area contributed by atoms with Crippen molar-refractivity contribution in [2.75, 3.05) is 0 Å². The molecule has 0 atom stereocenters. The summed E-state index contributed by atoms with van der Waals surface area (Å²) < 4.78 is 17.6. The molecular formula is C11H8FNO2. The van der Waals surface area contributed by atoms with Crippen molar-refractivity contribution in [3.8, 4) is 11.3 Å². The molecule has 4 heteroatoms. The van der Waals surface area contributed by atoms with Crippen LogP contribution in [0.4, 0.5) is 4.39 Å². The van der Waals surface area contributed by atoms with E-state index in [-0.39, 0.29) is 17.4 Å². The van der Waals surface area contributed by atoms with Gasteiger partial charge in [0.15, 0.2) is 17.9 Å². The van der Waals surface area contributed by atoms with Gasteiger partial charge < -0.3 is 4.42 Å². The summed E-state index contributed by atoms with van der Waals surface area (Å²) in [7, 11) is 0. The number of aromatic nitrogens is 1. The Kier molecular flexibility index (Phi) is 2.33. The number of hydrogen-bond donors (Lipinski definition) is 0. The Morgan fingerprint density at radius 3 is 2.60 bits per heavy atom. The first-order valence-electron chi connectivity index (χ1n) is 4.39. The first-order chi connectivity index (χ1) is 7.18. The van der Waals surface area contributed by atoms with E-state index in [1.807, 2.05) is 0 Å². The van der Waals surface area contributed by atoms with Gasteiger partial charge in [-0.15, -0.1) is 0 Å². The molecule has 15 heavy (non-hydrogen) atoms. The quantitative estimate of drug-likeness (QED) is 0.708. The average Bonchev–Trinajstić information content (AvgIpc) is 2.67. The van der Waals surface area contributed by atoms with Gasteiger partial charge in [-0.25, -0.2) is 9.37 Å². The second-order valence-corrected chi connectivity index (χ2v) is 3.09. The van der Waals surface area contributed by atoms with Crippen LogP contribution in [0.1, 0.15) is 17.5 Å². The third kappa shape index (κ3) is 1.79. The predicted octanol–water partition coefficient (Wildman–Crippen LogP) is 2.68. The predicted molar refractivity (Wildman–Crippen MR) is 51.9 cm³/mol. The molecule has 0 aliphatic carbocycles. The first-order valence-corrected chi connectivity index (χ1v) is 4.39. The molecule has 3 nitrogen and oxygen atoms in total. The van der Waals surface area contributed by atoms with E-state index in [0.29, 0.717) is 11.3 Å². The van der Waals surface area contributed by atoms with E-state index < -0.39 is 0 Å². The summed E-state index contributed by atoms with van der Waals surface area (Å²) in [6.45, 7) is 1.40. The number of Topliss-reactive ketones (excluding diaryl/α,β-unsaturated/α-hetero) is 1. The SMILES string of the molecule is CC(=O)c1ocnc1-c1ccc(F)cc1. The highest BCUT2D eigenvalue weighted by molar-refractivity contribution is 5.96. The number of nitrogens with zero attached hydrogens (tertiary/aromatic N) is 1. The maximum absolute atomic E-state index is 12.7. The lowest BCUT2D eigenvalue weighted by atomic mass is 10.1. The number of oxazole rings is 1. The molecule has 0 aliphatic heterocycles. The lowest BCUT2D eigenvalue weighted by Gasteiger charge is -1.97. The lowest BCUT2D eigenvalue weighted by Crippen LogP contribution is -1.92. The molecular weight excluding hydrogens is 197 g/mol. The van der Waals surface area contributed by atoms with Crippen LogP contribution in [0.15, 0.2) is 35.1 Å². The van der Waals surface area contributed by atoms with Crippen LogP contribution in [0, 0.1) is 5.82 Å². The molecule has 0 saturated heterocycles. The Bertz CT molecular complexity index is 488. The minimum Gasteiger partial charge on any atom is -0.440 e. The van der Waals surface area contributed by atoms with Gasteiger partial charge in [-0.2, -0.15) is 0 Å². The van der Waals surface area contributed by atoms with Crippen LogP contribution in [0.5, 0.6) is 0 Å². The molecule has 1 aromatic carbocycles. The molecule has 0 N–H and O–H groups in total. The fourth-order valence-electron chi connectivity index (χ4n) is 1.31. The number of benzene rings is 1. The first kappa shape index (κ1) is 9.58. The third-order valence-electron chi connectivity index (χ3n) is 2.00. The molecule has 1 heterocycles. The Labute approximate surface area is 85.6 Å². The van der Waals surface area contributed by atoms with Gasteiger partial charge >= 0.3 is 0 Å². The maximum atomic E-state index is 12.7. The highest BCUT2D eigenvalue weighted by atomic mass is 19.1. The third-order valence-corrected chi connectivity index (χ3v) is 2.00. The Morgan fingerprint density at radius 1 is 1.33 bits per heavy atom. The standard InChI is InChI=1S/C11H8FNO2/c1-7(14)11-10(13-6-15-11)8-2-4-9(12)5-3-8/h2-6H,1H3. The van der Waals surface area contributed by atoms with Gasteiger partial charge in [0, 0.05) is 12.5 Å². The zero-order valence-electron chi connectivity index (χ0n) is 8.03. The summed E-state index contributed by atoms with van der Waals surface area (Å²) in [6, 6.07) is 5.74. The van der Waals surface area contributed by atoms with Crippen LogP contribution in [-0.2, 0) is 0 Å². The van der Waals surface area contributed by atoms with Gasteiger partial charge in [0.25, 0.3) is 0 Å². The van der Waals surface area contributed by atoms with Crippen LogP contribution < -0.4 is 0 Å². The van der Waals surface area contributed by atoms with E-state index in [4.69, 9.17) is 4.42 Å². The minimum absolute atomic E-state index is 0.196. The highest BCUT2D eigenvalue weighted by Gasteiger charge is 2.14. The van der Waals surface area contributed by atoms with Crippen molar-refractivity contribution in [3.05, 3.63) is 42.2 Å². The van der Waals surface area contributed by atoms with Gasteiger partial charge in [0.1, 0.15) is 11.5 Å². The molecule has 76 valence electrons. The van der Waals surface area contributed by atoms with E-state index in [9.17, 15) is 9.18 Å².